The highest BCUT2D eigenvalue weighted by Gasteiger charge is 2.18. The lowest BCUT2D eigenvalue weighted by Crippen LogP contribution is -2.44. The minimum Gasteiger partial charge on any atom is -0.368 e. The van der Waals surface area contributed by atoms with Gasteiger partial charge in [-0.15, -0.1) is 24.8 Å². The van der Waals surface area contributed by atoms with Crippen molar-refractivity contribution in [3.05, 3.63) is 66.7 Å². The lowest BCUT2D eigenvalue weighted by Gasteiger charge is -2.34. The van der Waals surface area contributed by atoms with Gasteiger partial charge in [0.2, 0.25) is 0 Å². The second-order valence-corrected chi connectivity index (χ2v) is 7.51. The fraction of sp³-hybridized carbons (Fsp3) is 0.217. The molecular weight excluding hydrogens is 436 g/mol. The average molecular weight is 460 g/mol. The number of hydrogen-bond donors (Lipinski definition) is 1. The Morgan fingerprint density at radius 2 is 1.61 bits per heavy atom. The zero-order valence-electron chi connectivity index (χ0n) is 17.1. The van der Waals surface area contributed by atoms with Crippen LogP contribution >= 0.6 is 24.8 Å². The summed E-state index contributed by atoms with van der Waals surface area (Å²) in [5, 5.41) is 8.52. The maximum atomic E-state index is 13.3. The molecule has 0 aliphatic carbocycles. The molecule has 3 heterocycles. The molecule has 0 radical (unpaired) electrons. The van der Waals surface area contributed by atoms with Crippen LogP contribution in [0.5, 0.6) is 0 Å². The van der Waals surface area contributed by atoms with Crippen LogP contribution in [-0.2, 0) is 0 Å². The van der Waals surface area contributed by atoms with Gasteiger partial charge in [0.05, 0.1) is 11.2 Å². The van der Waals surface area contributed by atoms with Crippen LogP contribution in [0.15, 0.2) is 60.9 Å². The number of H-pyrrole nitrogens is 1. The summed E-state index contributed by atoms with van der Waals surface area (Å²) in [5.41, 5.74) is 5.96. The number of rotatable bonds is 3. The largest absolute Gasteiger partial charge is 0.368 e. The Morgan fingerprint density at radius 1 is 0.903 bits per heavy atom. The monoisotopic (exact) mass is 459 g/mol. The Kier molecular flexibility index (Phi) is 7.15. The van der Waals surface area contributed by atoms with E-state index in [9.17, 15) is 4.39 Å². The first-order chi connectivity index (χ1) is 14.2. The van der Waals surface area contributed by atoms with Crippen molar-refractivity contribution in [3.63, 3.8) is 0 Å². The third-order valence-corrected chi connectivity index (χ3v) is 5.63. The zero-order chi connectivity index (χ0) is 19.8. The molecule has 0 saturated carbocycles. The van der Waals surface area contributed by atoms with Crippen LogP contribution < -0.4 is 4.90 Å². The number of anilines is 1. The van der Waals surface area contributed by atoms with E-state index in [1.165, 1.54) is 17.8 Å². The van der Waals surface area contributed by atoms with Crippen LogP contribution in [0.25, 0.3) is 33.3 Å². The summed E-state index contributed by atoms with van der Waals surface area (Å²) >= 11 is 0. The number of pyridine rings is 1. The predicted molar refractivity (Wildman–Crippen MR) is 129 cm³/mol. The van der Waals surface area contributed by atoms with E-state index in [4.69, 9.17) is 0 Å². The fourth-order valence-corrected chi connectivity index (χ4v) is 3.96. The summed E-state index contributed by atoms with van der Waals surface area (Å²) in [6.07, 6.45) is 3.78. The molecule has 1 N–H and O–H groups in total. The Bertz CT molecular complexity index is 1150. The summed E-state index contributed by atoms with van der Waals surface area (Å²) in [7, 11) is 2.16. The number of halogens is 3. The van der Waals surface area contributed by atoms with Gasteiger partial charge in [0.25, 0.3) is 0 Å². The Labute approximate surface area is 193 Å². The van der Waals surface area contributed by atoms with Gasteiger partial charge in [-0.05, 0) is 55.1 Å². The lowest BCUT2D eigenvalue weighted by molar-refractivity contribution is 0.313. The van der Waals surface area contributed by atoms with Crippen molar-refractivity contribution in [1.29, 1.82) is 0 Å². The average Bonchev–Trinajstić information content (AvgIpc) is 3.24. The van der Waals surface area contributed by atoms with Gasteiger partial charge in [-0.25, -0.2) is 4.39 Å². The number of piperazine rings is 1. The van der Waals surface area contributed by atoms with Gasteiger partial charge in [0, 0.05) is 60.8 Å². The molecule has 31 heavy (non-hydrogen) atoms. The normalized spacial score (nSPS) is 14.2. The SMILES string of the molecule is CN1CCN(c2ccnc3ccc(-c4c[nH]nc4-c4ccc(F)cc4)cc23)CC1.Cl.Cl. The third kappa shape index (κ3) is 4.51. The number of nitrogens with one attached hydrogen (secondary N) is 1. The van der Waals surface area contributed by atoms with Crippen LogP contribution in [0.1, 0.15) is 0 Å². The molecule has 0 amide bonds. The van der Waals surface area contributed by atoms with Crippen LogP contribution in [0.2, 0.25) is 0 Å². The molecule has 0 atom stereocenters. The Balaban J connectivity index is 0.00000136. The molecule has 1 fully saturated rings. The van der Waals surface area contributed by atoms with E-state index in [2.05, 4.69) is 56.3 Å². The van der Waals surface area contributed by atoms with Gasteiger partial charge in [-0.3, -0.25) is 10.1 Å². The molecule has 162 valence electrons. The van der Waals surface area contributed by atoms with E-state index in [1.54, 1.807) is 12.1 Å². The number of hydrogen-bond acceptors (Lipinski definition) is 4. The van der Waals surface area contributed by atoms with Gasteiger partial charge in [0.1, 0.15) is 5.82 Å². The van der Waals surface area contributed by atoms with Crippen molar-refractivity contribution in [2.75, 3.05) is 38.1 Å². The van der Waals surface area contributed by atoms with Crippen molar-refractivity contribution >= 4 is 41.4 Å². The maximum Gasteiger partial charge on any atom is 0.123 e. The maximum absolute atomic E-state index is 13.3. The molecule has 1 aliphatic heterocycles. The van der Waals surface area contributed by atoms with Crippen LogP contribution in [-0.4, -0.2) is 53.3 Å². The molecule has 1 aliphatic rings. The number of aromatic amines is 1. The summed E-state index contributed by atoms with van der Waals surface area (Å²) in [5.74, 6) is -0.251. The highest BCUT2D eigenvalue weighted by Crippen LogP contribution is 2.34. The number of nitrogens with zero attached hydrogens (tertiary/aromatic N) is 4. The van der Waals surface area contributed by atoms with E-state index >= 15 is 0 Å². The van der Waals surface area contributed by atoms with E-state index in [1.807, 2.05) is 12.4 Å². The minimum absolute atomic E-state index is 0. The Hall–Kier alpha value is -2.67. The van der Waals surface area contributed by atoms with E-state index in [0.717, 1.165) is 59.5 Å². The molecular formula is C23H24Cl2FN5. The van der Waals surface area contributed by atoms with E-state index in [0.29, 0.717) is 0 Å². The molecule has 0 spiro atoms. The number of benzene rings is 2. The summed E-state index contributed by atoms with van der Waals surface area (Å²) in [6.45, 7) is 4.12. The lowest BCUT2D eigenvalue weighted by atomic mass is 9.99. The highest BCUT2D eigenvalue weighted by atomic mass is 35.5. The second kappa shape index (κ2) is 9.64. The van der Waals surface area contributed by atoms with Crippen LogP contribution in [0, 0.1) is 5.82 Å². The van der Waals surface area contributed by atoms with Crippen molar-refractivity contribution in [2.45, 2.75) is 0 Å². The van der Waals surface area contributed by atoms with Gasteiger partial charge in [-0.1, -0.05) is 6.07 Å². The van der Waals surface area contributed by atoms with Gasteiger partial charge in [-0.2, -0.15) is 5.10 Å². The van der Waals surface area contributed by atoms with E-state index in [-0.39, 0.29) is 30.6 Å². The topological polar surface area (TPSA) is 48.0 Å². The van der Waals surface area contributed by atoms with Gasteiger partial charge in [0.15, 0.2) is 0 Å². The first-order valence-electron chi connectivity index (χ1n) is 9.81. The molecule has 5 nitrogen and oxygen atoms in total. The molecule has 2 aromatic carbocycles. The fourth-order valence-electron chi connectivity index (χ4n) is 3.96. The molecule has 1 saturated heterocycles. The molecule has 4 aromatic rings. The van der Waals surface area contributed by atoms with Crippen molar-refractivity contribution < 1.29 is 4.39 Å². The van der Waals surface area contributed by atoms with Crippen molar-refractivity contribution in [1.82, 2.24) is 20.1 Å². The Morgan fingerprint density at radius 3 is 2.35 bits per heavy atom. The minimum atomic E-state index is -0.251. The molecule has 8 heteroatoms. The van der Waals surface area contributed by atoms with E-state index < -0.39 is 0 Å². The predicted octanol–water partition coefficient (Wildman–Crippen LogP) is 5.03. The number of fused-ring (bicyclic) bond motifs is 1. The summed E-state index contributed by atoms with van der Waals surface area (Å²) in [4.78, 5) is 9.35. The number of likely N-dealkylation sites (N-methyl/N-ethyl adjacent to an activating group) is 1. The quantitative estimate of drug-likeness (QED) is 0.466. The molecule has 5 rings (SSSR count). The standard InChI is InChI=1S/C23H22FN5.2ClH/c1-28-10-12-29(13-11-28)22-8-9-25-21-7-4-17(14-19(21)22)20-15-26-27-23(20)16-2-5-18(24)6-3-16;;/h2-9,14-15H,10-13H2,1H3,(H,26,27);2*1H. The zero-order valence-corrected chi connectivity index (χ0v) is 18.7. The second-order valence-electron chi connectivity index (χ2n) is 7.51. The number of aromatic nitrogens is 3. The first-order valence-corrected chi connectivity index (χ1v) is 9.81. The molecule has 2 aromatic heterocycles. The third-order valence-electron chi connectivity index (χ3n) is 5.63. The van der Waals surface area contributed by atoms with Crippen LogP contribution in [0.3, 0.4) is 0 Å². The summed E-state index contributed by atoms with van der Waals surface area (Å²) in [6, 6.07) is 14.9. The summed E-state index contributed by atoms with van der Waals surface area (Å²) < 4.78 is 13.3. The van der Waals surface area contributed by atoms with Gasteiger partial charge >= 0.3 is 0 Å². The molecule has 0 unspecified atom stereocenters. The van der Waals surface area contributed by atoms with Gasteiger partial charge < -0.3 is 9.80 Å². The first kappa shape index (κ1) is 23.0. The highest BCUT2D eigenvalue weighted by molar-refractivity contribution is 5.96. The van der Waals surface area contributed by atoms with Crippen molar-refractivity contribution in [3.8, 4) is 22.4 Å². The molecule has 0 bridgehead atoms. The smallest absolute Gasteiger partial charge is 0.123 e. The van der Waals surface area contributed by atoms with Crippen LogP contribution in [0.4, 0.5) is 10.1 Å². The van der Waals surface area contributed by atoms with Crippen molar-refractivity contribution in [2.24, 2.45) is 0 Å².